The summed E-state index contributed by atoms with van der Waals surface area (Å²) in [6, 6.07) is 0. The van der Waals surface area contributed by atoms with Crippen molar-refractivity contribution in [1.29, 1.82) is 0 Å². The van der Waals surface area contributed by atoms with Crippen LogP contribution in [0.4, 0.5) is 0 Å². The molecule has 0 unspecified atom stereocenters. The van der Waals surface area contributed by atoms with Gasteiger partial charge < -0.3 is 5.32 Å². The third kappa shape index (κ3) is 4.20. The van der Waals surface area contributed by atoms with Crippen LogP contribution < -0.4 is 5.32 Å². The van der Waals surface area contributed by atoms with Crippen molar-refractivity contribution in [3.05, 3.63) is 17.1 Å². The smallest absolute Gasteiger partial charge is 0.255 e. The molecule has 1 aromatic rings. The van der Waals surface area contributed by atoms with Gasteiger partial charge in [0, 0.05) is 12.5 Å². The largest absolute Gasteiger partial charge is 0.352 e. The number of hydrogen-bond donors (Lipinski definition) is 1. The average Bonchev–Trinajstić information content (AvgIpc) is 2.37. The fraction of sp³-hybridized carbons (Fsp3) is 0.643. The number of unbranched alkanes of at least 4 members (excludes halogenated alkanes) is 1. The lowest BCUT2D eigenvalue weighted by molar-refractivity contribution is 0.0948. The molecule has 106 valence electrons. The van der Waals surface area contributed by atoms with Crippen LogP contribution in [0.15, 0.2) is 5.03 Å². The fourth-order valence-electron chi connectivity index (χ4n) is 1.70. The van der Waals surface area contributed by atoms with Crippen LogP contribution in [0.2, 0.25) is 0 Å². The van der Waals surface area contributed by atoms with Crippen LogP contribution in [0.25, 0.3) is 0 Å². The van der Waals surface area contributed by atoms with Crippen molar-refractivity contribution in [2.45, 2.75) is 51.5 Å². The van der Waals surface area contributed by atoms with Gasteiger partial charge in [0.2, 0.25) is 0 Å². The Morgan fingerprint density at radius 2 is 2.05 bits per heavy atom. The number of amides is 1. The lowest BCUT2D eigenvalue weighted by atomic mass is 10.1. The van der Waals surface area contributed by atoms with Gasteiger partial charge in [0.25, 0.3) is 5.91 Å². The molecule has 0 aliphatic heterocycles. The van der Waals surface area contributed by atoms with Gasteiger partial charge in [0.1, 0.15) is 10.9 Å². The molecular weight excluding hydrogens is 258 g/mol. The Balaban J connectivity index is 3.02. The predicted molar refractivity (Wildman–Crippen MR) is 79.9 cm³/mol. The topological polar surface area (TPSA) is 54.9 Å². The van der Waals surface area contributed by atoms with E-state index in [0.29, 0.717) is 12.1 Å². The highest BCUT2D eigenvalue weighted by atomic mass is 32.2. The zero-order chi connectivity index (χ0) is 14.4. The van der Waals surface area contributed by atoms with E-state index in [9.17, 15) is 4.79 Å². The van der Waals surface area contributed by atoms with E-state index in [-0.39, 0.29) is 11.8 Å². The van der Waals surface area contributed by atoms with E-state index in [4.69, 9.17) is 0 Å². The highest BCUT2D eigenvalue weighted by Crippen LogP contribution is 2.22. The van der Waals surface area contributed by atoms with Crippen molar-refractivity contribution in [3.8, 4) is 0 Å². The zero-order valence-corrected chi connectivity index (χ0v) is 13.2. The number of nitrogens with one attached hydrogen (secondary N) is 1. The Labute approximate surface area is 119 Å². The van der Waals surface area contributed by atoms with E-state index in [2.05, 4.69) is 36.1 Å². The van der Waals surface area contributed by atoms with E-state index in [1.54, 1.807) is 0 Å². The summed E-state index contributed by atoms with van der Waals surface area (Å²) in [7, 11) is 0. The van der Waals surface area contributed by atoms with Crippen molar-refractivity contribution in [1.82, 2.24) is 15.3 Å². The van der Waals surface area contributed by atoms with Gasteiger partial charge in [-0.1, -0.05) is 27.2 Å². The summed E-state index contributed by atoms with van der Waals surface area (Å²) in [6.07, 6.45) is 4.00. The molecule has 0 radical (unpaired) electrons. The normalized spacial score (nSPS) is 10.8. The Kier molecular flexibility index (Phi) is 6.28. The molecular formula is C14H23N3OS. The van der Waals surface area contributed by atoms with Gasteiger partial charge in [-0.3, -0.25) is 4.79 Å². The van der Waals surface area contributed by atoms with E-state index >= 15 is 0 Å². The van der Waals surface area contributed by atoms with Crippen LogP contribution in [-0.4, -0.2) is 28.7 Å². The summed E-state index contributed by atoms with van der Waals surface area (Å²) in [5.41, 5.74) is 1.38. The standard InChI is InChI=1S/C14H23N3OS/c1-6-7-8-15-13(18)11-10(4)16-12(9(2)3)17-14(11)19-5/h9H,6-8H2,1-5H3,(H,15,18). The van der Waals surface area contributed by atoms with E-state index in [1.165, 1.54) is 11.8 Å². The molecule has 1 rings (SSSR count). The van der Waals surface area contributed by atoms with Gasteiger partial charge in [0.15, 0.2) is 0 Å². The van der Waals surface area contributed by atoms with Crippen molar-refractivity contribution in [3.63, 3.8) is 0 Å². The number of aromatic nitrogens is 2. The second-order valence-corrected chi connectivity index (χ2v) is 5.61. The first-order valence-electron chi connectivity index (χ1n) is 6.71. The minimum atomic E-state index is -0.0643. The van der Waals surface area contributed by atoms with Crippen molar-refractivity contribution in [2.75, 3.05) is 12.8 Å². The molecule has 0 aliphatic rings. The summed E-state index contributed by atoms with van der Waals surface area (Å²) in [5, 5.41) is 3.70. The number of nitrogens with zero attached hydrogens (tertiary/aromatic N) is 2. The minimum absolute atomic E-state index is 0.0643. The molecule has 1 heterocycles. The highest BCUT2D eigenvalue weighted by Gasteiger charge is 2.18. The number of rotatable bonds is 6. The summed E-state index contributed by atoms with van der Waals surface area (Å²) >= 11 is 1.50. The number of carbonyl (C=O) groups excluding carboxylic acids is 1. The molecule has 0 saturated heterocycles. The third-order valence-corrected chi connectivity index (χ3v) is 3.51. The van der Waals surface area contributed by atoms with Crippen LogP contribution in [0.5, 0.6) is 0 Å². The van der Waals surface area contributed by atoms with Crippen LogP contribution in [-0.2, 0) is 0 Å². The first-order valence-corrected chi connectivity index (χ1v) is 7.94. The maximum absolute atomic E-state index is 12.2. The molecule has 1 N–H and O–H groups in total. The highest BCUT2D eigenvalue weighted by molar-refractivity contribution is 7.98. The summed E-state index contributed by atoms with van der Waals surface area (Å²) in [5.74, 6) is 0.999. The molecule has 0 aliphatic carbocycles. The SMILES string of the molecule is CCCCNC(=O)c1c(C)nc(C(C)C)nc1SC. The number of aryl methyl sites for hydroxylation is 1. The van der Waals surface area contributed by atoms with Gasteiger partial charge >= 0.3 is 0 Å². The lowest BCUT2D eigenvalue weighted by Gasteiger charge is -2.13. The molecule has 4 nitrogen and oxygen atoms in total. The monoisotopic (exact) mass is 281 g/mol. The minimum Gasteiger partial charge on any atom is -0.352 e. The molecule has 0 atom stereocenters. The number of thioether (sulfide) groups is 1. The fourth-order valence-corrected chi connectivity index (χ4v) is 2.33. The molecule has 0 spiro atoms. The van der Waals surface area contributed by atoms with Gasteiger partial charge in [0.05, 0.1) is 11.3 Å². The number of hydrogen-bond acceptors (Lipinski definition) is 4. The van der Waals surface area contributed by atoms with E-state index in [1.807, 2.05) is 13.2 Å². The van der Waals surface area contributed by atoms with Crippen LogP contribution in [0.1, 0.15) is 61.4 Å². The average molecular weight is 281 g/mol. The second-order valence-electron chi connectivity index (χ2n) is 4.82. The molecule has 0 bridgehead atoms. The predicted octanol–water partition coefficient (Wildman–Crippen LogP) is 3.16. The Morgan fingerprint density at radius 3 is 2.58 bits per heavy atom. The Hall–Kier alpha value is -1.10. The molecule has 1 amide bonds. The molecule has 0 aromatic carbocycles. The Morgan fingerprint density at radius 1 is 1.37 bits per heavy atom. The molecule has 1 aromatic heterocycles. The second kappa shape index (κ2) is 7.48. The van der Waals surface area contributed by atoms with E-state index < -0.39 is 0 Å². The maximum atomic E-state index is 12.2. The summed E-state index contributed by atoms with van der Waals surface area (Å²) in [6.45, 7) is 8.79. The van der Waals surface area contributed by atoms with Gasteiger partial charge in [-0.05, 0) is 19.6 Å². The van der Waals surface area contributed by atoms with Crippen molar-refractivity contribution < 1.29 is 4.79 Å². The molecule has 5 heteroatoms. The zero-order valence-electron chi connectivity index (χ0n) is 12.4. The molecule has 19 heavy (non-hydrogen) atoms. The quantitative estimate of drug-likeness (QED) is 0.494. The first kappa shape index (κ1) is 16.0. The van der Waals surface area contributed by atoms with E-state index in [0.717, 1.165) is 29.4 Å². The van der Waals surface area contributed by atoms with Gasteiger partial charge in [-0.15, -0.1) is 11.8 Å². The van der Waals surface area contributed by atoms with Crippen molar-refractivity contribution >= 4 is 17.7 Å². The van der Waals surface area contributed by atoms with Crippen LogP contribution in [0.3, 0.4) is 0 Å². The van der Waals surface area contributed by atoms with Crippen molar-refractivity contribution in [2.24, 2.45) is 0 Å². The maximum Gasteiger partial charge on any atom is 0.255 e. The van der Waals surface area contributed by atoms with Gasteiger partial charge in [-0.25, -0.2) is 9.97 Å². The number of carbonyl (C=O) groups is 1. The summed E-state index contributed by atoms with van der Waals surface area (Å²) in [4.78, 5) is 21.1. The van der Waals surface area contributed by atoms with Crippen LogP contribution >= 0.6 is 11.8 Å². The molecule has 0 fully saturated rings. The lowest BCUT2D eigenvalue weighted by Crippen LogP contribution is -2.27. The third-order valence-electron chi connectivity index (χ3n) is 2.83. The van der Waals surface area contributed by atoms with Gasteiger partial charge in [-0.2, -0.15) is 0 Å². The summed E-state index contributed by atoms with van der Waals surface area (Å²) < 4.78 is 0. The first-order chi connectivity index (χ1) is 9.01. The van der Waals surface area contributed by atoms with Crippen LogP contribution in [0, 0.1) is 6.92 Å². The molecule has 0 saturated carbocycles. The Bertz CT molecular complexity index is 447.